The van der Waals surface area contributed by atoms with Crippen molar-refractivity contribution in [3.05, 3.63) is 89.4 Å². The highest BCUT2D eigenvalue weighted by Crippen LogP contribution is 2.10. The van der Waals surface area contributed by atoms with Crippen LogP contribution in [0, 0.1) is 11.8 Å². The van der Waals surface area contributed by atoms with E-state index in [0.717, 1.165) is 11.1 Å². The Kier molecular flexibility index (Phi) is 5.94. The molecule has 142 valence electrons. The van der Waals surface area contributed by atoms with Crippen molar-refractivity contribution in [3.8, 4) is 11.8 Å². The molecular formula is C21H18N2O4S. The first-order valence-corrected chi connectivity index (χ1v) is 10.0. The third-order valence-corrected chi connectivity index (χ3v) is 4.81. The molecule has 0 radical (unpaired) electrons. The lowest BCUT2D eigenvalue weighted by molar-refractivity contribution is 0.0926. The molecule has 0 aliphatic rings. The topological polar surface area (TPSA) is 102 Å². The molecule has 0 bridgehead atoms. The lowest BCUT2D eigenvalue weighted by atomic mass is 10.1. The maximum absolute atomic E-state index is 12.2. The molecule has 2 aromatic carbocycles. The molecule has 0 saturated carbocycles. The van der Waals surface area contributed by atoms with Crippen molar-refractivity contribution in [2.24, 2.45) is 5.14 Å². The predicted octanol–water partition coefficient (Wildman–Crippen LogP) is 2.30. The quantitative estimate of drug-likeness (QED) is 0.648. The van der Waals surface area contributed by atoms with E-state index in [-0.39, 0.29) is 16.6 Å². The van der Waals surface area contributed by atoms with E-state index in [0.29, 0.717) is 18.7 Å². The summed E-state index contributed by atoms with van der Waals surface area (Å²) in [4.78, 5) is 12.2. The second kappa shape index (κ2) is 8.57. The average molecular weight is 394 g/mol. The van der Waals surface area contributed by atoms with Crippen LogP contribution in [-0.2, 0) is 16.4 Å². The van der Waals surface area contributed by atoms with Gasteiger partial charge in [0, 0.05) is 12.1 Å². The van der Waals surface area contributed by atoms with Gasteiger partial charge in [0.1, 0.15) is 0 Å². The first-order chi connectivity index (χ1) is 13.4. The van der Waals surface area contributed by atoms with Crippen LogP contribution in [0.2, 0.25) is 0 Å². The molecule has 0 spiro atoms. The standard InChI is InChI=1S/C21H18N2O4S/c22-28(25,26)19-11-7-17(8-12-19)14-15-23-21(24)20-13-10-18(27-20)9-6-16-4-2-1-3-5-16/h1-5,7-8,10-13H,14-15H2,(H,23,24)(H2,22,25,26). The van der Waals surface area contributed by atoms with Crippen molar-refractivity contribution >= 4 is 15.9 Å². The summed E-state index contributed by atoms with van der Waals surface area (Å²) < 4.78 is 27.9. The van der Waals surface area contributed by atoms with E-state index in [1.165, 1.54) is 12.1 Å². The Labute approximate surface area is 163 Å². The Balaban J connectivity index is 1.53. The van der Waals surface area contributed by atoms with Gasteiger partial charge in [-0.3, -0.25) is 4.79 Å². The Bertz CT molecular complexity index is 1120. The van der Waals surface area contributed by atoms with E-state index < -0.39 is 10.0 Å². The number of nitrogens with one attached hydrogen (secondary N) is 1. The van der Waals surface area contributed by atoms with Crippen LogP contribution in [0.25, 0.3) is 0 Å². The number of furan rings is 1. The second-order valence-corrected chi connectivity index (χ2v) is 7.54. The van der Waals surface area contributed by atoms with E-state index in [1.54, 1.807) is 24.3 Å². The largest absolute Gasteiger partial charge is 0.443 e. The molecule has 0 unspecified atom stereocenters. The molecule has 0 aliphatic carbocycles. The third-order valence-electron chi connectivity index (χ3n) is 3.88. The van der Waals surface area contributed by atoms with Crippen molar-refractivity contribution in [3.63, 3.8) is 0 Å². The number of hydrogen-bond donors (Lipinski definition) is 2. The Morgan fingerprint density at radius 1 is 0.964 bits per heavy atom. The minimum atomic E-state index is -3.70. The summed E-state index contributed by atoms with van der Waals surface area (Å²) >= 11 is 0. The molecule has 1 heterocycles. The first kappa shape index (κ1) is 19.4. The minimum absolute atomic E-state index is 0.0556. The summed E-state index contributed by atoms with van der Waals surface area (Å²) in [5.41, 5.74) is 1.74. The molecular weight excluding hydrogens is 376 g/mol. The number of rotatable bonds is 5. The van der Waals surface area contributed by atoms with Gasteiger partial charge < -0.3 is 9.73 Å². The van der Waals surface area contributed by atoms with Gasteiger partial charge >= 0.3 is 0 Å². The Hall–Kier alpha value is -3.34. The summed E-state index contributed by atoms with van der Waals surface area (Å²) in [5.74, 6) is 6.10. The second-order valence-electron chi connectivity index (χ2n) is 5.97. The molecule has 0 aliphatic heterocycles. The molecule has 0 saturated heterocycles. The van der Waals surface area contributed by atoms with Gasteiger partial charge in [0.15, 0.2) is 11.5 Å². The van der Waals surface area contributed by atoms with E-state index >= 15 is 0 Å². The maximum atomic E-state index is 12.2. The zero-order valence-electron chi connectivity index (χ0n) is 14.9. The molecule has 1 amide bonds. The lowest BCUT2D eigenvalue weighted by Gasteiger charge is -2.04. The summed E-state index contributed by atoms with van der Waals surface area (Å²) in [7, 11) is -3.70. The highest BCUT2D eigenvalue weighted by atomic mass is 32.2. The molecule has 3 rings (SSSR count). The van der Waals surface area contributed by atoms with Gasteiger partial charge in [-0.1, -0.05) is 36.3 Å². The lowest BCUT2D eigenvalue weighted by Crippen LogP contribution is -2.25. The fourth-order valence-electron chi connectivity index (χ4n) is 2.44. The number of primary sulfonamides is 1. The van der Waals surface area contributed by atoms with Crippen molar-refractivity contribution in [1.82, 2.24) is 5.32 Å². The van der Waals surface area contributed by atoms with E-state index in [9.17, 15) is 13.2 Å². The van der Waals surface area contributed by atoms with Gasteiger partial charge in [-0.05, 0) is 54.3 Å². The monoisotopic (exact) mass is 394 g/mol. The highest BCUT2D eigenvalue weighted by molar-refractivity contribution is 7.89. The van der Waals surface area contributed by atoms with Crippen LogP contribution in [0.3, 0.4) is 0 Å². The Morgan fingerprint density at radius 3 is 2.36 bits per heavy atom. The smallest absolute Gasteiger partial charge is 0.287 e. The van der Waals surface area contributed by atoms with Gasteiger partial charge in [-0.25, -0.2) is 13.6 Å². The minimum Gasteiger partial charge on any atom is -0.443 e. The molecule has 28 heavy (non-hydrogen) atoms. The van der Waals surface area contributed by atoms with Gasteiger partial charge in [0.05, 0.1) is 4.90 Å². The number of carbonyl (C=O) groups is 1. The summed E-state index contributed by atoms with van der Waals surface area (Å²) in [6.45, 7) is 0.374. The van der Waals surface area contributed by atoms with Crippen LogP contribution in [0.4, 0.5) is 0 Å². The van der Waals surface area contributed by atoms with Crippen LogP contribution >= 0.6 is 0 Å². The number of sulfonamides is 1. The van der Waals surface area contributed by atoms with Crippen molar-refractivity contribution in [2.75, 3.05) is 6.54 Å². The van der Waals surface area contributed by atoms with Gasteiger partial charge in [-0.2, -0.15) is 0 Å². The Morgan fingerprint density at radius 2 is 1.68 bits per heavy atom. The molecule has 6 nitrogen and oxygen atoms in total. The highest BCUT2D eigenvalue weighted by Gasteiger charge is 2.10. The van der Waals surface area contributed by atoms with Gasteiger partial charge in [-0.15, -0.1) is 0 Å². The van der Waals surface area contributed by atoms with Crippen LogP contribution in [0.15, 0.2) is 76.0 Å². The molecule has 7 heteroatoms. The van der Waals surface area contributed by atoms with Crippen LogP contribution < -0.4 is 10.5 Å². The predicted molar refractivity (Wildman–Crippen MR) is 105 cm³/mol. The first-order valence-electron chi connectivity index (χ1n) is 8.49. The summed E-state index contributed by atoms with van der Waals surface area (Å²) in [6, 6.07) is 18.9. The number of amides is 1. The molecule has 0 atom stereocenters. The fraction of sp³-hybridized carbons (Fsp3) is 0.0952. The number of carbonyl (C=O) groups excluding carboxylic acids is 1. The maximum Gasteiger partial charge on any atom is 0.287 e. The molecule has 0 fully saturated rings. The van der Waals surface area contributed by atoms with E-state index in [4.69, 9.17) is 9.56 Å². The summed E-state index contributed by atoms with van der Waals surface area (Å²) in [6.07, 6.45) is 0.540. The van der Waals surface area contributed by atoms with Gasteiger partial charge in [0.2, 0.25) is 10.0 Å². The molecule has 1 aromatic heterocycles. The van der Waals surface area contributed by atoms with Crippen molar-refractivity contribution < 1.29 is 17.6 Å². The van der Waals surface area contributed by atoms with E-state index in [1.807, 2.05) is 30.3 Å². The molecule has 3 aromatic rings. The zero-order chi connectivity index (χ0) is 20.0. The number of benzene rings is 2. The zero-order valence-corrected chi connectivity index (χ0v) is 15.7. The van der Waals surface area contributed by atoms with Crippen LogP contribution in [-0.4, -0.2) is 20.9 Å². The van der Waals surface area contributed by atoms with Crippen LogP contribution in [0.1, 0.15) is 27.4 Å². The number of nitrogens with two attached hydrogens (primary N) is 1. The third kappa shape index (κ3) is 5.33. The van der Waals surface area contributed by atoms with Gasteiger partial charge in [0.25, 0.3) is 5.91 Å². The normalized spacial score (nSPS) is 10.8. The molecule has 3 N–H and O–H groups in total. The fourth-order valence-corrected chi connectivity index (χ4v) is 2.95. The summed E-state index contributed by atoms with van der Waals surface area (Å²) in [5, 5.41) is 7.82. The number of hydrogen-bond acceptors (Lipinski definition) is 4. The average Bonchev–Trinajstić information content (AvgIpc) is 3.16. The van der Waals surface area contributed by atoms with E-state index in [2.05, 4.69) is 17.2 Å². The van der Waals surface area contributed by atoms with Crippen molar-refractivity contribution in [2.45, 2.75) is 11.3 Å². The van der Waals surface area contributed by atoms with Crippen molar-refractivity contribution in [1.29, 1.82) is 0 Å². The SMILES string of the molecule is NS(=O)(=O)c1ccc(CCNC(=O)c2ccc(C#Cc3ccccc3)o2)cc1. The van der Waals surface area contributed by atoms with Crippen LogP contribution in [0.5, 0.6) is 0 Å².